The van der Waals surface area contributed by atoms with E-state index >= 15 is 0 Å². The van der Waals surface area contributed by atoms with Crippen molar-refractivity contribution in [2.24, 2.45) is 5.73 Å². The van der Waals surface area contributed by atoms with Crippen LogP contribution in [0.4, 0.5) is 0 Å². The zero-order valence-corrected chi connectivity index (χ0v) is 22.3. The van der Waals surface area contributed by atoms with Crippen LogP contribution in [0.5, 0.6) is 0 Å². The monoisotopic (exact) mass is 558 g/mol. The van der Waals surface area contributed by atoms with E-state index in [4.69, 9.17) is 17.3 Å². The molecule has 1 aromatic heterocycles. The molecule has 0 radical (unpaired) electrons. The van der Waals surface area contributed by atoms with E-state index in [1.165, 1.54) is 12.6 Å². The molecule has 8 heteroatoms. The Morgan fingerprint density at radius 2 is 1.97 bits per heavy atom. The number of fused-ring (bicyclic) bond motifs is 1. The molecular weight excluding hydrogens is 528 g/mol. The quantitative estimate of drug-likeness (QED) is 0.414. The van der Waals surface area contributed by atoms with Crippen LogP contribution in [-0.2, 0) is 22.6 Å². The second-order valence-electron chi connectivity index (χ2n) is 9.38. The lowest BCUT2D eigenvalue weighted by Crippen LogP contribution is -2.42. The molecule has 2 aromatic carbocycles. The molecule has 1 saturated heterocycles. The minimum atomic E-state index is -0.213. The van der Waals surface area contributed by atoms with Crippen molar-refractivity contribution in [2.75, 3.05) is 19.6 Å². The molecule has 4 rings (SSSR count). The number of hydrogen-bond donors (Lipinski definition) is 2. The molecule has 1 aliphatic heterocycles. The molecular formula is C27H32BrClN4O2. The maximum atomic E-state index is 13.1. The highest BCUT2D eigenvalue weighted by Crippen LogP contribution is 2.33. The molecule has 0 saturated carbocycles. The lowest BCUT2D eigenvalue weighted by atomic mass is 9.93. The molecule has 0 bridgehead atoms. The number of piperidine rings is 1. The van der Waals surface area contributed by atoms with Gasteiger partial charge in [-0.05, 0) is 60.5 Å². The van der Waals surface area contributed by atoms with Crippen LogP contribution in [0.1, 0.15) is 43.4 Å². The average molecular weight is 560 g/mol. The SMILES string of the molecule is CC(=O)NCCn1c(C2CCCN(C(=O)CC(N)Cc3ccc(Br)cc3)C2)cc2ccc(Cl)cc21. The van der Waals surface area contributed by atoms with Crippen molar-refractivity contribution in [3.63, 3.8) is 0 Å². The summed E-state index contributed by atoms with van der Waals surface area (Å²) in [5.74, 6) is 0.289. The van der Waals surface area contributed by atoms with Crippen molar-refractivity contribution in [3.05, 3.63) is 69.3 Å². The van der Waals surface area contributed by atoms with Gasteiger partial charge in [0.1, 0.15) is 0 Å². The fourth-order valence-corrected chi connectivity index (χ4v) is 5.41. The number of likely N-dealkylation sites (tertiary alicyclic amines) is 1. The molecule has 1 aliphatic rings. The van der Waals surface area contributed by atoms with E-state index in [1.807, 2.05) is 47.4 Å². The lowest BCUT2D eigenvalue weighted by Gasteiger charge is -2.34. The lowest BCUT2D eigenvalue weighted by molar-refractivity contribution is -0.132. The number of hydrogen-bond acceptors (Lipinski definition) is 3. The summed E-state index contributed by atoms with van der Waals surface area (Å²) in [5, 5.41) is 4.69. The first-order valence-corrected chi connectivity index (χ1v) is 13.3. The Morgan fingerprint density at radius 3 is 2.71 bits per heavy atom. The molecule has 2 amide bonds. The number of carbonyl (C=O) groups is 2. The summed E-state index contributed by atoms with van der Waals surface area (Å²) < 4.78 is 3.27. The average Bonchev–Trinajstić information content (AvgIpc) is 3.18. The summed E-state index contributed by atoms with van der Waals surface area (Å²) in [5.41, 5.74) is 9.73. The number of nitrogens with one attached hydrogen (secondary N) is 1. The molecule has 0 aliphatic carbocycles. The molecule has 2 unspecified atom stereocenters. The molecule has 2 heterocycles. The van der Waals surface area contributed by atoms with Gasteiger partial charge in [-0.3, -0.25) is 9.59 Å². The van der Waals surface area contributed by atoms with E-state index in [0.717, 1.165) is 40.3 Å². The number of nitrogens with zero attached hydrogens (tertiary/aromatic N) is 2. The summed E-state index contributed by atoms with van der Waals surface area (Å²) in [7, 11) is 0. The predicted octanol–water partition coefficient (Wildman–Crippen LogP) is 4.86. The number of nitrogens with two attached hydrogens (primary N) is 1. The fraction of sp³-hybridized carbons (Fsp3) is 0.407. The molecule has 3 aromatic rings. The Labute approximate surface area is 219 Å². The molecule has 2 atom stereocenters. The third kappa shape index (κ3) is 6.66. The normalized spacial score (nSPS) is 16.9. The number of carbonyl (C=O) groups excluding carboxylic acids is 2. The molecule has 1 fully saturated rings. The number of amides is 2. The molecule has 0 spiro atoms. The van der Waals surface area contributed by atoms with Gasteiger partial charge >= 0.3 is 0 Å². The van der Waals surface area contributed by atoms with Crippen LogP contribution in [0.3, 0.4) is 0 Å². The highest BCUT2D eigenvalue weighted by Gasteiger charge is 2.28. The second kappa shape index (κ2) is 11.6. The van der Waals surface area contributed by atoms with Gasteiger partial charge in [0.15, 0.2) is 0 Å². The van der Waals surface area contributed by atoms with Gasteiger partial charge in [0, 0.05) is 72.2 Å². The number of rotatable bonds is 8. The van der Waals surface area contributed by atoms with Gasteiger partial charge in [-0.2, -0.15) is 0 Å². The van der Waals surface area contributed by atoms with Crippen LogP contribution < -0.4 is 11.1 Å². The number of benzene rings is 2. The van der Waals surface area contributed by atoms with E-state index in [9.17, 15) is 9.59 Å². The minimum Gasteiger partial charge on any atom is -0.355 e. The van der Waals surface area contributed by atoms with E-state index in [-0.39, 0.29) is 23.8 Å². The van der Waals surface area contributed by atoms with Crippen molar-refractivity contribution in [1.82, 2.24) is 14.8 Å². The Kier molecular flexibility index (Phi) is 8.52. The smallest absolute Gasteiger partial charge is 0.224 e. The highest BCUT2D eigenvalue weighted by atomic mass is 79.9. The topological polar surface area (TPSA) is 80.4 Å². The Hall–Kier alpha value is -2.35. The van der Waals surface area contributed by atoms with Gasteiger partial charge in [-0.25, -0.2) is 0 Å². The van der Waals surface area contributed by atoms with Crippen molar-refractivity contribution in [2.45, 2.75) is 51.1 Å². The molecule has 3 N–H and O–H groups in total. The Balaban J connectivity index is 1.46. The van der Waals surface area contributed by atoms with E-state index in [0.29, 0.717) is 37.5 Å². The van der Waals surface area contributed by atoms with Crippen molar-refractivity contribution in [3.8, 4) is 0 Å². The van der Waals surface area contributed by atoms with Gasteiger partial charge in [-0.1, -0.05) is 45.7 Å². The van der Waals surface area contributed by atoms with Gasteiger partial charge < -0.3 is 20.5 Å². The highest BCUT2D eigenvalue weighted by molar-refractivity contribution is 9.10. The van der Waals surface area contributed by atoms with Gasteiger partial charge in [0.2, 0.25) is 11.8 Å². The minimum absolute atomic E-state index is 0.0463. The summed E-state index contributed by atoms with van der Waals surface area (Å²) in [6.07, 6.45) is 2.98. The van der Waals surface area contributed by atoms with Crippen LogP contribution in [-0.4, -0.2) is 47.0 Å². The second-order valence-corrected chi connectivity index (χ2v) is 10.7. The first-order valence-electron chi connectivity index (χ1n) is 12.1. The number of halogens is 2. The summed E-state index contributed by atoms with van der Waals surface area (Å²) in [6, 6.07) is 16.0. The summed E-state index contributed by atoms with van der Waals surface area (Å²) >= 11 is 9.75. The van der Waals surface area contributed by atoms with Crippen LogP contribution >= 0.6 is 27.5 Å². The van der Waals surface area contributed by atoms with E-state index < -0.39 is 0 Å². The molecule has 35 heavy (non-hydrogen) atoms. The van der Waals surface area contributed by atoms with Gasteiger partial charge in [0.25, 0.3) is 0 Å². The maximum absolute atomic E-state index is 13.1. The van der Waals surface area contributed by atoms with Gasteiger partial charge in [0.05, 0.1) is 0 Å². The predicted molar refractivity (Wildman–Crippen MR) is 145 cm³/mol. The third-order valence-corrected chi connectivity index (χ3v) is 7.41. The van der Waals surface area contributed by atoms with Gasteiger partial charge in [-0.15, -0.1) is 0 Å². The standard InChI is InChI=1S/C27H32BrClN4O2/c1-18(34)31-10-12-33-25(14-20-6-9-23(29)15-26(20)33)21-3-2-11-32(17-21)27(35)16-24(30)13-19-4-7-22(28)8-5-19/h4-9,14-15,21,24H,2-3,10-13,16-17,30H2,1H3,(H,31,34). The first-order chi connectivity index (χ1) is 16.8. The van der Waals surface area contributed by atoms with Crippen molar-refractivity contribution >= 4 is 50.2 Å². The van der Waals surface area contributed by atoms with Crippen LogP contribution in [0.15, 0.2) is 53.0 Å². The zero-order valence-electron chi connectivity index (χ0n) is 20.0. The Morgan fingerprint density at radius 1 is 1.20 bits per heavy atom. The van der Waals surface area contributed by atoms with Crippen molar-refractivity contribution in [1.29, 1.82) is 0 Å². The zero-order chi connectivity index (χ0) is 24.9. The maximum Gasteiger partial charge on any atom is 0.224 e. The molecule has 186 valence electrons. The van der Waals surface area contributed by atoms with E-state index in [1.54, 1.807) is 0 Å². The molecule has 6 nitrogen and oxygen atoms in total. The van der Waals surface area contributed by atoms with Crippen LogP contribution in [0.25, 0.3) is 10.9 Å². The Bertz CT molecular complexity index is 1190. The number of aromatic nitrogens is 1. The van der Waals surface area contributed by atoms with Crippen molar-refractivity contribution < 1.29 is 9.59 Å². The fourth-order valence-electron chi connectivity index (χ4n) is 4.97. The summed E-state index contributed by atoms with van der Waals surface area (Å²) in [6.45, 7) is 4.16. The van der Waals surface area contributed by atoms with E-state index in [2.05, 4.69) is 31.9 Å². The largest absolute Gasteiger partial charge is 0.355 e. The summed E-state index contributed by atoms with van der Waals surface area (Å²) in [4.78, 5) is 26.5. The van der Waals surface area contributed by atoms with Crippen LogP contribution in [0.2, 0.25) is 5.02 Å². The third-order valence-electron chi connectivity index (χ3n) is 6.65. The van der Waals surface area contributed by atoms with Crippen LogP contribution in [0, 0.1) is 0 Å². The first kappa shape index (κ1) is 25.7.